The number of nitrogens with zero attached hydrogens (tertiary/aromatic N) is 1. The molecule has 3 rings (SSSR count). The maximum Gasteiger partial charge on any atom is 0.260 e. The summed E-state index contributed by atoms with van der Waals surface area (Å²) in [6.45, 7) is 3.82. The zero-order valence-electron chi connectivity index (χ0n) is 15.7. The van der Waals surface area contributed by atoms with E-state index in [2.05, 4.69) is 10.6 Å². The Bertz CT molecular complexity index is 614. The number of amides is 2. The highest BCUT2D eigenvalue weighted by Crippen LogP contribution is 2.20. The van der Waals surface area contributed by atoms with Crippen LogP contribution in [-0.4, -0.2) is 49.5 Å². The Morgan fingerprint density at radius 2 is 1.93 bits per heavy atom. The van der Waals surface area contributed by atoms with Gasteiger partial charge in [0.05, 0.1) is 0 Å². The SMILES string of the molecule is Cl.O=C(CCC1CCNCC1)Nc1cccc(OCC(=O)N2CCCC2)c1. The number of halogens is 1. The van der Waals surface area contributed by atoms with Gasteiger partial charge in [-0.3, -0.25) is 9.59 Å². The number of anilines is 1. The number of nitrogens with one attached hydrogen (secondary N) is 2. The molecule has 2 amide bonds. The number of rotatable bonds is 7. The highest BCUT2D eigenvalue weighted by Gasteiger charge is 2.18. The smallest absolute Gasteiger partial charge is 0.260 e. The largest absolute Gasteiger partial charge is 0.484 e. The van der Waals surface area contributed by atoms with Gasteiger partial charge in [-0.25, -0.2) is 0 Å². The summed E-state index contributed by atoms with van der Waals surface area (Å²) in [5, 5.41) is 6.28. The van der Waals surface area contributed by atoms with Crippen molar-refractivity contribution in [2.45, 2.75) is 38.5 Å². The van der Waals surface area contributed by atoms with E-state index < -0.39 is 0 Å². The minimum Gasteiger partial charge on any atom is -0.484 e. The second-order valence-electron chi connectivity index (χ2n) is 7.18. The lowest BCUT2D eigenvalue weighted by Gasteiger charge is -2.22. The highest BCUT2D eigenvalue weighted by molar-refractivity contribution is 5.90. The fraction of sp³-hybridized carbons (Fsp3) is 0.600. The number of hydrogen-bond acceptors (Lipinski definition) is 4. The zero-order valence-corrected chi connectivity index (χ0v) is 16.6. The van der Waals surface area contributed by atoms with Crippen LogP contribution in [0.3, 0.4) is 0 Å². The second kappa shape index (κ2) is 11.1. The molecule has 0 radical (unpaired) electrons. The standard InChI is InChI=1S/C20H29N3O3.ClH/c24-19(7-6-16-8-10-21-11-9-16)22-17-4-3-5-18(14-17)26-15-20(25)23-12-1-2-13-23;/h3-5,14,16,21H,1-2,6-13,15H2,(H,22,24);1H. The van der Waals surface area contributed by atoms with Crippen LogP contribution in [0.2, 0.25) is 0 Å². The van der Waals surface area contributed by atoms with Crippen LogP contribution in [0.25, 0.3) is 0 Å². The average molecular weight is 396 g/mol. The van der Waals surface area contributed by atoms with Crippen LogP contribution in [-0.2, 0) is 9.59 Å². The van der Waals surface area contributed by atoms with Crippen molar-refractivity contribution in [3.8, 4) is 5.75 Å². The molecule has 27 heavy (non-hydrogen) atoms. The molecule has 0 atom stereocenters. The average Bonchev–Trinajstić information content (AvgIpc) is 3.20. The first-order valence-electron chi connectivity index (χ1n) is 9.72. The van der Waals surface area contributed by atoms with Gasteiger partial charge in [-0.15, -0.1) is 12.4 Å². The third-order valence-electron chi connectivity index (χ3n) is 5.18. The Labute approximate surface area is 167 Å². The normalized spacial score (nSPS) is 17.3. The molecule has 2 aliphatic rings. The van der Waals surface area contributed by atoms with Crippen molar-refractivity contribution >= 4 is 29.9 Å². The van der Waals surface area contributed by atoms with E-state index in [-0.39, 0.29) is 30.8 Å². The van der Waals surface area contributed by atoms with Crippen LogP contribution in [0.15, 0.2) is 24.3 Å². The molecule has 2 fully saturated rings. The fourth-order valence-corrected chi connectivity index (χ4v) is 3.60. The third-order valence-corrected chi connectivity index (χ3v) is 5.18. The minimum atomic E-state index is 0. The van der Waals surface area contributed by atoms with Crippen LogP contribution < -0.4 is 15.4 Å². The van der Waals surface area contributed by atoms with Gasteiger partial charge in [-0.2, -0.15) is 0 Å². The molecule has 6 nitrogen and oxygen atoms in total. The van der Waals surface area contributed by atoms with Crippen molar-refractivity contribution in [2.24, 2.45) is 5.92 Å². The molecule has 0 saturated carbocycles. The van der Waals surface area contributed by atoms with E-state index in [1.807, 2.05) is 23.1 Å². The molecule has 1 aromatic rings. The Morgan fingerprint density at radius 3 is 2.67 bits per heavy atom. The maximum absolute atomic E-state index is 12.2. The predicted molar refractivity (Wildman–Crippen MR) is 108 cm³/mol. The first-order valence-corrected chi connectivity index (χ1v) is 9.72. The molecule has 2 saturated heterocycles. The number of piperidine rings is 1. The van der Waals surface area contributed by atoms with Gasteiger partial charge in [0.1, 0.15) is 5.75 Å². The maximum atomic E-state index is 12.2. The Balaban J connectivity index is 0.00000261. The van der Waals surface area contributed by atoms with Crippen molar-refractivity contribution in [3.63, 3.8) is 0 Å². The van der Waals surface area contributed by atoms with Gasteiger partial charge in [-0.05, 0) is 63.2 Å². The highest BCUT2D eigenvalue weighted by atomic mass is 35.5. The molecule has 2 N–H and O–H groups in total. The summed E-state index contributed by atoms with van der Waals surface area (Å²) in [5.74, 6) is 1.31. The van der Waals surface area contributed by atoms with E-state index in [0.717, 1.165) is 58.3 Å². The lowest BCUT2D eigenvalue weighted by atomic mass is 9.93. The molecular weight excluding hydrogens is 366 g/mol. The van der Waals surface area contributed by atoms with Crippen LogP contribution in [0.4, 0.5) is 5.69 Å². The van der Waals surface area contributed by atoms with E-state index in [1.165, 1.54) is 0 Å². The number of ether oxygens (including phenoxy) is 1. The Morgan fingerprint density at radius 1 is 1.19 bits per heavy atom. The lowest BCUT2D eigenvalue weighted by molar-refractivity contribution is -0.132. The van der Waals surface area contributed by atoms with Crippen molar-refractivity contribution in [1.29, 1.82) is 0 Å². The summed E-state index contributed by atoms with van der Waals surface area (Å²) in [7, 11) is 0. The molecule has 0 aromatic heterocycles. The zero-order chi connectivity index (χ0) is 18.2. The molecule has 150 valence electrons. The van der Waals surface area contributed by atoms with E-state index in [9.17, 15) is 9.59 Å². The van der Waals surface area contributed by atoms with Crippen LogP contribution >= 0.6 is 12.4 Å². The van der Waals surface area contributed by atoms with Gasteiger partial charge in [0, 0.05) is 31.3 Å². The monoisotopic (exact) mass is 395 g/mol. The number of hydrogen-bond donors (Lipinski definition) is 2. The second-order valence-corrected chi connectivity index (χ2v) is 7.18. The van der Waals surface area contributed by atoms with Gasteiger partial charge in [0.25, 0.3) is 5.91 Å². The Kier molecular flexibility index (Phi) is 8.88. The summed E-state index contributed by atoms with van der Waals surface area (Å²) in [4.78, 5) is 26.1. The molecule has 7 heteroatoms. The van der Waals surface area contributed by atoms with Gasteiger partial charge in [0.2, 0.25) is 5.91 Å². The molecule has 0 aliphatic carbocycles. The van der Waals surface area contributed by atoms with Crippen LogP contribution in [0.5, 0.6) is 5.75 Å². The summed E-state index contributed by atoms with van der Waals surface area (Å²) < 4.78 is 5.61. The summed E-state index contributed by atoms with van der Waals surface area (Å²) in [6.07, 6.45) is 5.94. The van der Waals surface area contributed by atoms with Crippen LogP contribution in [0.1, 0.15) is 38.5 Å². The van der Waals surface area contributed by atoms with Gasteiger partial charge >= 0.3 is 0 Å². The molecular formula is C20H30ClN3O3. The van der Waals surface area contributed by atoms with Gasteiger partial charge in [-0.1, -0.05) is 6.07 Å². The van der Waals surface area contributed by atoms with Crippen molar-refractivity contribution in [2.75, 3.05) is 38.1 Å². The Hall–Kier alpha value is -1.79. The van der Waals surface area contributed by atoms with Gasteiger partial charge < -0.3 is 20.3 Å². The summed E-state index contributed by atoms with van der Waals surface area (Å²) in [6, 6.07) is 7.26. The van der Waals surface area contributed by atoms with Crippen LogP contribution in [0, 0.1) is 5.92 Å². The number of carbonyl (C=O) groups is 2. The molecule has 2 heterocycles. The fourth-order valence-electron chi connectivity index (χ4n) is 3.60. The predicted octanol–water partition coefficient (Wildman–Crippen LogP) is 2.83. The molecule has 0 unspecified atom stereocenters. The van der Waals surface area contributed by atoms with Gasteiger partial charge in [0.15, 0.2) is 6.61 Å². The summed E-state index contributed by atoms with van der Waals surface area (Å²) >= 11 is 0. The number of benzene rings is 1. The molecule has 0 bridgehead atoms. The van der Waals surface area contributed by atoms with Crippen molar-refractivity contribution in [1.82, 2.24) is 10.2 Å². The van der Waals surface area contributed by atoms with Crippen molar-refractivity contribution < 1.29 is 14.3 Å². The number of likely N-dealkylation sites (tertiary alicyclic amines) is 1. The van der Waals surface area contributed by atoms with E-state index >= 15 is 0 Å². The van der Waals surface area contributed by atoms with E-state index in [1.54, 1.807) is 6.07 Å². The molecule has 1 aromatic carbocycles. The number of carbonyl (C=O) groups excluding carboxylic acids is 2. The topological polar surface area (TPSA) is 70.7 Å². The first kappa shape index (κ1) is 21.5. The van der Waals surface area contributed by atoms with Crippen molar-refractivity contribution in [3.05, 3.63) is 24.3 Å². The lowest BCUT2D eigenvalue weighted by Crippen LogP contribution is -2.32. The first-order chi connectivity index (χ1) is 12.7. The van der Waals surface area contributed by atoms with E-state index in [0.29, 0.717) is 23.8 Å². The minimum absolute atomic E-state index is 0. The molecule has 2 aliphatic heterocycles. The third kappa shape index (κ3) is 7.03. The quantitative estimate of drug-likeness (QED) is 0.744. The molecule has 0 spiro atoms. The summed E-state index contributed by atoms with van der Waals surface area (Å²) in [5.41, 5.74) is 0.714. The van der Waals surface area contributed by atoms with E-state index in [4.69, 9.17) is 4.74 Å².